The quantitative estimate of drug-likeness (QED) is 0.861. The van der Waals surface area contributed by atoms with Crippen LogP contribution < -0.4 is 10.6 Å². The fourth-order valence-electron chi connectivity index (χ4n) is 2.78. The van der Waals surface area contributed by atoms with Crippen LogP contribution in [0.5, 0.6) is 0 Å². The lowest BCUT2D eigenvalue weighted by Crippen LogP contribution is -2.34. The number of aryl methyl sites for hydroxylation is 2. The van der Waals surface area contributed by atoms with E-state index in [9.17, 15) is 4.79 Å². The maximum Gasteiger partial charge on any atom is 0.319 e. The van der Waals surface area contributed by atoms with Crippen LogP contribution in [0.2, 0.25) is 5.02 Å². The van der Waals surface area contributed by atoms with Gasteiger partial charge < -0.3 is 15.1 Å². The Kier molecular flexibility index (Phi) is 3.88. The molecule has 1 aromatic carbocycles. The van der Waals surface area contributed by atoms with E-state index >= 15 is 0 Å². The zero-order valence-corrected chi connectivity index (χ0v) is 12.5. The van der Waals surface area contributed by atoms with Crippen molar-refractivity contribution in [2.45, 2.75) is 32.2 Å². The molecule has 2 aromatic rings. The molecule has 21 heavy (non-hydrogen) atoms. The summed E-state index contributed by atoms with van der Waals surface area (Å²) in [7, 11) is 0. The average molecular weight is 305 g/mol. The third-order valence-electron chi connectivity index (χ3n) is 3.76. The predicted octanol–water partition coefficient (Wildman–Crippen LogP) is 4.44. The molecule has 0 fully saturated rings. The fraction of sp³-hybridized carbons (Fsp3) is 0.312. The first-order chi connectivity index (χ1) is 10.1. The number of furan rings is 1. The molecule has 2 amide bonds. The summed E-state index contributed by atoms with van der Waals surface area (Å²) < 4.78 is 5.54. The van der Waals surface area contributed by atoms with E-state index in [2.05, 4.69) is 10.6 Å². The van der Waals surface area contributed by atoms with Gasteiger partial charge in [0.2, 0.25) is 0 Å². The van der Waals surface area contributed by atoms with Crippen LogP contribution in [-0.2, 0) is 6.42 Å². The van der Waals surface area contributed by atoms with Gasteiger partial charge >= 0.3 is 6.03 Å². The molecule has 0 saturated heterocycles. The topological polar surface area (TPSA) is 54.3 Å². The number of hydrogen-bond donors (Lipinski definition) is 2. The minimum atomic E-state index is -0.212. The third-order valence-corrected chi connectivity index (χ3v) is 4.01. The van der Waals surface area contributed by atoms with E-state index in [1.165, 1.54) is 0 Å². The van der Waals surface area contributed by atoms with Crippen molar-refractivity contribution in [2.75, 3.05) is 5.32 Å². The average Bonchev–Trinajstić information content (AvgIpc) is 2.84. The van der Waals surface area contributed by atoms with Crippen molar-refractivity contribution in [1.82, 2.24) is 5.32 Å². The number of anilines is 1. The normalized spacial score (nSPS) is 17.1. The van der Waals surface area contributed by atoms with E-state index < -0.39 is 0 Å². The molecular formula is C16H17ClN2O2. The Hall–Kier alpha value is -1.94. The number of carbonyl (C=O) groups excluding carboxylic acids is 1. The van der Waals surface area contributed by atoms with E-state index in [0.717, 1.165) is 41.8 Å². The summed E-state index contributed by atoms with van der Waals surface area (Å²) in [6, 6.07) is 6.84. The predicted molar refractivity (Wildman–Crippen MR) is 82.7 cm³/mol. The lowest BCUT2D eigenvalue weighted by Gasteiger charge is -2.23. The highest BCUT2D eigenvalue weighted by Gasteiger charge is 2.26. The first-order valence-electron chi connectivity index (χ1n) is 7.03. The van der Waals surface area contributed by atoms with Crippen LogP contribution >= 0.6 is 11.6 Å². The highest BCUT2D eigenvalue weighted by atomic mass is 35.5. The highest BCUT2D eigenvalue weighted by molar-refractivity contribution is 6.30. The van der Waals surface area contributed by atoms with Crippen LogP contribution in [0.1, 0.15) is 35.8 Å². The first kappa shape index (κ1) is 14.0. The van der Waals surface area contributed by atoms with Crippen LogP contribution in [0, 0.1) is 6.92 Å². The monoisotopic (exact) mass is 304 g/mol. The molecule has 2 N–H and O–H groups in total. The summed E-state index contributed by atoms with van der Waals surface area (Å²) in [5, 5.41) is 6.49. The molecule has 0 bridgehead atoms. The van der Waals surface area contributed by atoms with Gasteiger partial charge in [0.25, 0.3) is 0 Å². The number of urea groups is 1. The van der Waals surface area contributed by atoms with Crippen LogP contribution in [-0.4, -0.2) is 6.03 Å². The summed E-state index contributed by atoms with van der Waals surface area (Å²) in [6.07, 6.45) is 4.66. The summed E-state index contributed by atoms with van der Waals surface area (Å²) in [6.45, 7) is 2.01. The smallest absolute Gasteiger partial charge is 0.319 e. The molecular weight excluding hydrogens is 288 g/mol. The van der Waals surface area contributed by atoms with Crippen LogP contribution in [0.15, 0.2) is 34.9 Å². The molecule has 0 saturated carbocycles. The van der Waals surface area contributed by atoms with E-state index in [0.29, 0.717) is 5.02 Å². The number of amides is 2. The Morgan fingerprint density at radius 2 is 2.10 bits per heavy atom. The number of hydrogen-bond acceptors (Lipinski definition) is 2. The maximum absolute atomic E-state index is 12.1. The molecule has 1 heterocycles. The minimum Gasteiger partial charge on any atom is -0.469 e. The third kappa shape index (κ3) is 3.05. The van der Waals surface area contributed by atoms with Gasteiger partial charge in [0.15, 0.2) is 0 Å². The summed E-state index contributed by atoms with van der Waals surface area (Å²) in [5.74, 6) is 0.996. The molecule has 1 aromatic heterocycles. The number of halogens is 1. The molecule has 0 spiro atoms. The van der Waals surface area contributed by atoms with Gasteiger partial charge in [-0.15, -0.1) is 0 Å². The lowest BCUT2D eigenvalue weighted by atomic mass is 9.91. The van der Waals surface area contributed by atoms with Crippen LogP contribution in [0.25, 0.3) is 0 Å². The summed E-state index contributed by atoms with van der Waals surface area (Å²) in [4.78, 5) is 12.1. The number of fused-ring (bicyclic) bond motifs is 1. The van der Waals surface area contributed by atoms with Crippen molar-refractivity contribution < 1.29 is 9.21 Å². The molecule has 0 unspecified atom stereocenters. The SMILES string of the molecule is Cc1coc2c1[C@H](NC(=O)Nc1ccc(Cl)cc1)CCC2. The second kappa shape index (κ2) is 5.82. The van der Waals surface area contributed by atoms with Crippen LogP contribution in [0.4, 0.5) is 10.5 Å². The Bertz CT molecular complexity index is 649. The van der Waals surface area contributed by atoms with E-state index in [4.69, 9.17) is 16.0 Å². The molecule has 5 heteroatoms. The van der Waals surface area contributed by atoms with Crippen molar-refractivity contribution >= 4 is 23.3 Å². The Balaban J connectivity index is 1.68. The minimum absolute atomic E-state index is 0.0137. The molecule has 110 valence electrons. The van der Waals surface area contributed by atoms with Crippen LogP contribution in [0.3, 0.4) is 0 Å². The number of benzene rings is 1. The number of rotatable bonds is 2. The highest BCUT2D eigenvalue weighted by Crippen LogP contribution is 2.33. The van der Waals surface area contributed by atoms with Gasteiger partial charge in [0.05, 0.1) is 12.3 Å². The lowest BCUT2D eigenvalue weighted by molar-refractivity contribution is 0.246. The zero-order chi connectivity index (χ0) is 14.8. The molecule has 0 aliphatic heterocycles. The van der Waals surface area contributed by atoms with E-state index in [-0.39, 0.29) is 12.1 Å². The molecule has 4 nitrogen and oxygen atoms in total. The summed E-state index contributed by atoms with van der Waals surface area (Å²) >= 11 is 5.83. The molecule has 0 radical (unpaired) electrons. The second-order valence-corrected chi connectivity index (χ2v) is 5.74. The standard InChI is InChI=1S/C16H17ClN2O2/c1-10-9-21-14-4-2-3-13(15(10)14)19-16(20)18-12-7-5-11(17)6-8-12/h5-9,13H,2-4H2,1H3,(H2,18,19,20)/t13-/m1/s1. The molecule has 1 atom stereocenters. The molecule has 1 aliphatic rings. The van der Waals surface area contributed by atoms with Crippen molar-refractivity contribution in [3.8, 4) is 0 Å². The zero-order valence-electron chi connectivity index (χ0n) is 11.8. The van der Waals surface area contributed by atoms with Gasteiger partial charge in [-0.1, -0.05) is 11.6 Å². The Morgan fingerprint density at radius 3 is 2.86 bits per heavy atom. The van der Waals surface area contributed by atoms with Crippen molar-refractivity contribution in [2.24, 2.45) is 0 Å². The fourth-order valence-corrected chi connectivity index (χ4v) is 2.91. The first-order valence-corrected chi connectivity index (χ1v) is 7.41. The molecule has 3 rings (SSSR count). The van der Waals surface area contributed by atoms with Gasteiger partial charge in [-0.05, 0) is 49.6 Å². The number of carbonyl (C=O) groups is 1. The van der Waals surface area contributed by atoms with Gasteiger partial charge in [0, 0.05) is 22.7 Å². The molecule has 1 aliphatic carbocycles. The van der Waals surface area contributed by atoms with E-state index in [1.807, 2.05) is 6.92 Å². The largest absolute Gasteiger partial charge is 0.469 e. The van der Waals surface area contributed by atoms with Gasteiger partial charge in [-0.2, -0.15) is 0 Å². The Morgan fingerprint density at radius 1 is 1.33 bits per heavy atom. The number of nitrogens with one attached hydrogen (secondary N) is 2. The van der Waals surface area contributed by atoms with E-state index in [1.54, 1.807) is 30.5 Å². The second-order valence-electron chi connectivity index (χ2n) is 5.31. The Labute approximate surface area is 128 Å². The maximum atomic E-state index is 12.1. The van der Waals surface area contributed by atoms with Gasteiger partial charge in [0.1, 0.15) is 5.76 Å². The van der Waals surface area contributed by atoms with Gasteiger partial charge in [-0.3, -0.25) is 0 Å². The van der Waals surface area contributed by atoms with Gasteiger partial charge in [-0.25, -0.2) is 4.79 Å². The van der Waals surface area contributed by atoms with Crippen molar-refractivity contribution in [3.05, 3.63) is 52.4 Å². The summed E-state index contributed by atoms with van der Waals surface area (Å²) in [5.41, 5.74) is 2.95. The van der Waals surface area contributed by atoms with Crippen molar-refractivity contribution in [3.63, 3.8) is 0 Å². The van der Waals surface area contributed by atoms with Crippen molar-refractivity contribution in [1.29, 1.82) is 0 Å².